The van der Waals surface area contributed by atoms with Crippen molar-refractivity contribution in [2.75, 3.05) is 20.2 Å². The number of hydrogen-bond donors (Lipinski definition) is 0. The quantitative estimate of drug-likeness (QED) is 0.554. The Morgan fingerprint density at radius 3 is 2.78 bits per heavy atom. The molecule has 3 heterocycles. The normalized spacial score (nSPS) is 12.0. The Bertz CT molecular complexity index is 1020. The van der Waals surface area contributed by atoms with Gasteiger partial charge >= 0.3 is 0 Å². The third kappa shape index (κ3) is 2.59. The van der Waals surface area contributed by atoms with Gasteiger partial charge in [-0.25, -0.2) is 9.67 Å². The van der Waals surface area contributed by atoms with Crippen LogP contribution in [0.2, 0.25) is 0 Å². The van der Waals surface area contributed by atoms with E-state index >= 15 is 0 Å². The Morgan fingerprint density at radius 1 is 1.30 bits per heavy atom. The maximum absolute atomic E-state index is 13.0. The second-order valence-electron chi connectivity index (χ2n) is 6.45. The second-order valence-corrected chi connectivity index (χ2v) is 6.45. The van der Waals surface area contributed by atoms with Crippen molar-refractivity contribution in [3.8, 4) is 22.7 Å². The third-order valence-electron chi connectivity index (χ3n) is 5.04. The van der Waals surface area contributed by atoms with Gasteiger partial charge in [0.2, 0.25) is 0 Å². The number of aryl methyl sites for hydroxylation is 1. The van der Waals surface area contributed by atoms with Gasteiger partial charge in [0.15, 0.2) is 5.69 Å². The van der Waals surface area contributed by atoms with E-state index in [9.17, 15) is 4.79 Å². The molecular formula is C19H22N6O2. The summed E-state index contributed by atoms with van der Waals surface area (Å²) >= 11 is 0. The summed E-state index contributed by atoms with van der Waals surface area (Å²) in [5.74, 6) is 0.688. The molecule has 0 bridgehead atoms. The lowest BCUT2D eigenvalue weighted by atomic mass is 10.1. The number of ether oxygens (including phenoxy) is 1. The van der Waals surface area contributed by atoms with Gasteiger partial charge in [0, 0.05) is 18.7 Å². The first-order chi connectivity index (χ1) is 13.1. The highest BCUT2D eigenvalue weighted by Crippen LogP contribution is 2.36. The second kappa shape index (κ2) is 6.53. The number of fused-ring (bicyclic) bond motifs is 5. The van der Waals surface area contributed by atoms with Gasteiger partial charge in [-0.3, -0.25) is 9.36 Å². The molecule has 1 aliphatic rings. The number of benzene rings is 1. The molecule has 0 unspecified atom stereocenters. The van der Waals surface area contributed by atoms with Gasteiger partial charge in [-0.15, -0.1) is 5.10 Å². The maximum Gasteiger partial charge on any atom is 0.274 e. The van der Waals surface area contributed by atoms with Crippen molar-refractivity contribution >= 4 is 5.91 Å². The first-order valence-corrected chi connectivity index (χ1v) is 9.03. The molecule has 1 aromatic carbocycles. The minimum Gasteiger partial charge on any atom is -0.497 e. The zero-order valence-corrected chi connectivity index (χ0v) is 15.9. The summed E-state index contributed by atoms with van der Waals surface area (Å²) in [4.78, 5) is 19.2. The SMILES string of the molecule is CCN(CC)C(=O)c1ncn2c1Cn1nnc(C)c1-c1cc(OC)ccc1-2. The van der Waals surface area contributed by atoms with Crippen LogP contribution in [0, 0.1) is 6.92 Å². The van der Waals surface area contributed by atoms with Crippen LogP contribution in [0.4, 0.5) is 0 Å². The molecule has 4 rings (SSSR count). The number of carbonyl (C=O) groups is 1. The number of hydrogen-bond acceptors (Lipinski definition) is 5. The summed E-state index contributed by atoms with van der Waals surface area (Å²) in [6.45, 7) is 7.58. The summed E-state index contributed by atoms with van der Waals surface area (Å²) in [7, 11) is 1.64. The van der Waals surface area contributed by atoms with Gasteiger partial charge in [0.05, 0.1) is 36.4 Å². The smallest absolute Gasteiger partial charge is 0.274 e. The summed E-state index contributed by atoms with van der Waals surface area (Å²) in [5, 5.41) is 8.54. The molecule has 0 atom stereocenters. The third-order valence-corrected chi connectivity index (χ3v) is 5.04. The fraction of sp³-hybridized carbons (Fsp3) is 0.368. The topological polar surface area (TPSA) is 78.1 Å². The van der Waals surface area contributed by atoms with Crippen LogP contribution in [0.25, 0.3) is 16.9 Å². The number of carbonyl (C=O) groups excluding carboxylic acids is 1. The number of rotatable bonds is 4. The molecule has 140 valence electrons. The Balaban J connectivity index is 1.95. The van der Waals surface area contributed by atoms with E-state index in [4.69, 9.17) is 4.74 Å². The first kappa shape index (κ1) is 17.3. The van der Waals surface area contributed by atoms with Crippen molar-refractivity contribution in [3.63, 3.8) is 0 Å². The Kier molecular flexibility index (Phi) is 4.18. The highest BCUT2D eigenvalue weighted by atomic mass is 16.5. The molecule has 0 saturated heterocycles. The van der Waals surface area contributed by atoms with Gasteiger partial charge in [-0.1, -0.05) is 5.21 Å². The molecule has 0 radical (unpaired) electrons. The van der Waals surface area contributed by atoms with Gasteiger partial charge in [0.25, 0.3) is 5.91 Å². The predicted molar refractivity (Wildman–Crippen MR) is 100 cm³/mol. The van der Waals surface area contributed by atoms with Crippen LogP contribution in [0.5, 0.6) is 5.75 Å². The van der Waals surface area contributed by atoms with Crippen LogP contribution >= 0.6 is 0 Å². The molecule has 1 amide bonds. The average molecular weight is 366 g/mol. The van der Waals surface area contributed by atoms with Crippen molar-refractivity contribution < 1.29 is 9.53 Å². The molecule has 2 aromatic heterocycles. The van der Waals surface area contributed by atoms with Gasteiger partial charge < -0.3 is 9.64 Å². The van der Waals surface area contributed by atoms with Crippen molar-refractivity contribution in [2.24, 2.45) is 0 Å². The number of nitrogens with zero attached hydrogens (tertiary/aromatic N) is 6. The van der Waals surface area contributed by atoms with Gasteiger partial charge in [-0.05, 0) is 39.0 Å². The molecule has 27 heavy (non-hydrogen) atoms. The molecule has 0 N–H and O–H groups in total. The molecule has 8 nitrogen and oxygen atoms in total. The Morgan fingerprint density at radius 2 is 2.07 bits per heavy atom. The number of aromatic nitrogens is 5. The zero-order valence-electron chi connectivity index (χ0n) is 15.9. The van der Waals surface area contributed by atoms with Crippen molar-refractivity contribution in [1.82, 2.24) is 29.4 Å². The molecule has 0 fully saturated rings. The average Bonchev–Trinajstić information content (AvgIpc) is 3.22. The van der Waals surface area contributed by atoms with E-state index in [1.807, 2.05) is 48.2 Å². The molecule has 0 aliphatic carbocycles. The monoisotopic (exact) mass is 366 g/mol. The van der Waals surface area contributed by atoms with E-state index in [0.717, 1.165) is 34.1 Å². The zero-order chi connectivity index (χ0) is 19.1. The first-order valence-electron chi connectivity index (χ1n) is 9.03. The van der Waals surface area contributed by atoms with Crippen LogP contribution in [-0.4, -0.2) is 55.6 Å². The number of amides is 1. The predicted octanol–water partition coefficient (Wildman–Crippen LogP) is 2.29. The molecule has 3 aromatic rings. The Hall–Kier alpha value is -3.16. The fourth-order valence-corrected chi connectivity index (χ4v) is 3.60. The van der Waals surface area contributed by atoms with Crippen molar-refractivity contribution in [1.29, 1.82) is 0 Å². The molecular weight excluding hydrogens is 344 g/mol. The van der Waals surface area contributed by atoms with Gasteiger partial charge in [0.1, 0.15) is 12.1 Å². The summed E-state index contributed by atoms with van der Waals surface area (Å²) in [5.41, 5.74) is 4.91. The molecule has 0 saturated carbocycles. The fourth-order valence-electron chi connectivity index (χ4n) is 3.60. The van der Waals surface area contributed by atoms with Crippen LogP contribution in [-0.2, 0) is 6.54 Å². The minimum atomic E-state index is -0.0656. The molecule has 0 spiro atoms. The highest BCUT2D eigenvalue weighted by molar-refractivity contribution is 5.94. The van der Waals surface area contributed by atoms with Gasteiger partial charge in [-0.2, -0.15) is 0 Å². The molecule has 1 aliphatic heterocycles. The van der Waals surface area contributed by atoms with Crippen LogP contribution in [0.3, 0.4) is 0 Å². The maximum atomic E-state index is 13.0. The lowest BCUT2D eigenvalue weighted by molar-refractivity contribution is 0.0766. The largest absolute Gasteiger partial charge is 0.497 e. The van der Waals surface area contributed by atoms with E-state index in [0.29, 0.717) is 25.3 Å². The highest BCUT2D eigenvalue weighted by Gasteiger charge is 2.28. The summed E-state index contributed by atoms with van der Waals surface area (Å²) in [6, 6.07) is 5.86. The van der Waals surface area contributed by atoms with E-state index in [-0.39, 0.29) is 5.91 Å². The van der Waals surface area contributed by atoms with E-state index in [1.165, 1.54) is 0 Å². The lowest BCUT2D eigenvalue weighted by Crippen LogP contribution is -2.31. The van der Waals surface area contributed by atoms with Crippen LogP contribution < -0.4 is 4.74 Å². The van der Waals surface area contributed by atoms with E-state index in [1.54, 1.807) is 18.3 Å². The number of methoxy groups -OCH3 is 1. The molecule has 8 heteroatoms. The standard InChI is InChI=1S/C19H22N6O2/c1-5-23(6-2)19(26)17-16-10-25-18(12(3)21-22-25)14-9-13(27-4)7-8-15(14)24(16)11-20-17/h7-9,11H,5-6,10H2,1-4H3. The van der Waals surface area contributed by atoms with E-state index < -0.39 is 0 Å². The lowest BCUT2D eigenvalue weighted by Gasteiger charge is -2.18. The van der Waals surface area contributed by atoms with Crippen LogP contribution in [0.15, 0.2) is 24.5 Å². The van der Waals surface area contributed by atoms with E-state index in [2.05, 4.69) is 15.3 Å². The van der Waals surface area contributed by atoms with Crippen molar-refractivity contribution in [3.05, 3.63) is 41.6 Å². The summed E-state index contributed by atoms with van der Waals surface area (Å²) in [6.07, 6.45) is 1.71. The van der Waals surface area contributed by atoms with Crippen LogP contribution in [0.1, 0.15) is 35.7 Å². The summed E-state index contributed by atoms with van der Waals surface area (Å²) < 4.78 is 9.21. The van der Waals surface area contributed by atoms with Crippen molar-refractivity contribution in [2.45, 2.75) is 27.3 Å². The Labute approximate surface area is 157 Å². The number of imidazole rings is 1. The minimum absolute atomic E-state index is 0.0656.